The maximum absolute atomic E-state index is 12.6. The van der Waals surface area contributed by atoms with Crippen molar-refractivity contribution in [3.8, 4) is 22.6 Å². The molecular formula is C24H21NO4. The number of rotatable bonds is 5. The topological polar surface area (TPSA) is 55.8 Å². The van der Waals surface area contributed by atoms with Gasteiger partial charge in [-0.25, -0.2) is 0 Å². The lowest BCUT2D eigenvalue weighted by Crippen LogP contribution is -2.27. The fourth-order valence-corrected chi connectivity index (χ4v) is 3.50. The van der Waals surface area contributed by atoms with E-state index in [1.165, 1.54) is 0 Å². The van der Waals surface area contributed by atoms with E-state index in [2.05, 4.69) is 0 Å². The van der Waals surface area contributed by atoms with E-state index >= 15 is 0 Å². The van der Waals surface area contributed by atoms with Crippen LogP contribution in [0.4, 0.5) is 5.69 Å². The van der Waals surface area contributed by atoms with Gasteiger partial charge in [0.15, 0.2) is 0 Å². The minimum Gasteiger partial charge on any atom is -0.495 e. The molecule has 4 rings (SSSR count). The van der Waals surface area contributed by atoms with E-state index in [1.54, 1.807) is 30.2 Å². The molecule has 1 heterocycles. The van der Waals surface area contributed by atoms with Gasteiger partial charge < -0.3 is 14.4 Å². The van der Waals surface area contributed by atoms with Crippen LogP contribution in [0.5, 0.6) is 11.5 Å². The van der Waals surface area contributed by atoms with Crippen molar-refractivity contribution < 1.29 is 19.1 Å². The third-order valence-corrected chi connectivity index (χ3v) is 5.01. The molecular weight excluding hydrogens is 366 g/mol. The molecule has 0 bridgehead atoms. The zero-order valence-corrected chi connectivity index (χ0v) is 16.1. The summed E-state index contributed by atoms with van der Waals surface area (Å²) in [5.74, 6) is 0.0459. The van der Waals surface area contributed by atoms with E-state index in [9.17, 15) is 9.59 Å². The summed E-state index contributed by atoms with van der Waals surface area (Å²) in [4.78, 5) is 26.7. The van der Waals surface area contributed by atoms with Crippen molar-refractivity contribution in [2.75, 3.05) is 18.6 Å². The number of hydrogen-bond acceptors (Lipinski definition) is 4. The van der Waals surface area contributed by atoms with Crippen molar-refractivity contribution >= 4 is 17.6 Å². The molecule has 0 radical (unpaired) electrons. The van der Waals surface area contributed by atoms with Crippen molar-refractivity contribution in [1.82, 2.24) is 0 Å². The van der Waals surface area contributed by atoms with Gasteiger partial charge in [0.25, 0.3) is 0 Å². The maximum Gasteiger partial charge on any atom is 0.316 e. The Balaban J connectivity index is 1.43. The first-order valence-corrected chi connectivity index (χ1v) is 9.46. The van der Waals surface area contributed by atoms with Crippen molar-refractivity contribution in [3.05, 3.63) is 78.9 Å². The Kier molecular flexibility index (Phi) is 5.29. The third kappa shape index (κ3) is 3.99. The fraction of sp³-hybridized carbons (Fsp3) is 0.167. The van der Waals surface area contributed by atoms with E-state index in [4.69, 9.17) is 9.47 Å². The second-order valence-corrected chi connectivity index (χ2v) is 6.89. The average molecular weight is 387 g/mol. The number of ether oxygens (including phenoxy) is 2. The quantitative estimate of drug-likeness (QED) is 0.483. The lowest BCUT2D eigenvalue weighted by Gasteiger charge is -2.19. The van der Waals surface area contributed by atoms with Crippen LogP contribution >= 0.6 is 0 Å². The standard InChI is InChI=1S/C24H21NO4/c1-28-22-10-6-5-9-21(22)25-16-19(15-23(25)26)24(27)29-20-13-11-18(12-14-20)17-7-3-2-4-8-17/h2-14,19H,15-16H2,1H3/t19-/m0/s1. The molecule has 3 aromatic rings. The van der Waals surface area contributed by atoms with Gasteiger partial charge in [0, 0.05) is 13.0 Å². The fourth-order valence-electron chi connectivity index (χ4n) is 3.50. The molecule has 0 aliphatic carbocycles. The largest absolute Gasteiger partial charge is 0.495 e. The van der Waals surface area contributed by atoms with Crippen molar-refractivity contribution in [2.45, 2.75) is 6.42 Å². The van der Waals surface area contributed by atoms with Crippen LogP contribution in [0.15, 0.2) is 78.9 Å². The number of anilines is 1. The molecule has 1 aliphatic heterocycles. The summed E-state index contributed by atoms with van der Waals surface area (Å²) in [6.45, 7) is 0.278. The molecule has 1 fully saturated rings. The molecule has 0 unspecified atom stereocenters. The number of benzene rings is 3. The van der Waals surface area contributed by atoms with Gasteiger partial charge in [-0.15, -0.1) is 0 Å². The predicted octanol–water partition coefficient (Wildman–Crippen LogP) is 4.32. The molecule has 5 heteroatoms. The summed E-state index contributed by atoms with van der Waals surface area (Å²) >= 11 is 0. The van der Waals surface area contributed by atoms with Crippen molar-refractivity contribution in [1.29, 1.82) is 0 Å². The number of hydrogen-bond donors (Lipinski definition) is 0. The number of para-hydroxylation sites is 2. The maximum atomic E-state index is 12.6. The van der Waals surface area contributed by atoms with Crippen LogP contribution < -0.4 is 14.4 Å². The smallest absolute Gasteiger partial charge is 0.316 e. The van der Waals surface area contributed by atoms with Gasteiger partial charge in [-0.1, -0.05) is 54.6 Å². The van der Waals surface area contributed by atoms with Gasteiger partial charge in [-0.05, 0) is 35.4 Å². The Morgan fingerprint density at radius 1 is 0.897 bits per heavy atom. The summed E-state index contributed by atoms with van der Waals surface area (Å²) in [7, 11) is 1.56. The van der Waals surface area contributed by atoms with E-state index in [0.29, 0.717) is 17.2 Å². The molecule has 3 aromatic carbocycles. The van der Waals surface area contributed by atoms with Gasteiger partial charge in [-0.2, -0.15) is 0 Å². The first kappa shape index (κ1) is 18.7. The van der Waals surface area contributed by atoms with Crippen LogP contribution in [0.3, 0.4) is 0 Å². The SMILES string of the molecule is COc1ccccc1N1C[C@@H](C(=O)Oc2ccc(-c3ccccc3)cc2)CC1=O. The van der Waals surface area contributed by atoms with Gasteiger partial charge in [0.1, 0.15) is 11.5 Å². The summed E-state index contributed by atoms with van der Waals surface area (Å²) < 4.78 is 10.9. The van der Waals surface area contributed by atoms with Gasteiger partial charge >= 0.3 is 5.97 Å². The monoisotopic (exact) mass is 387 g/mol. The lowest BCUT2D eigenvalue weighted by molar-refractivity contribution is -0.139. The zero-order chi connectivity index (χ0) is 20.2. The normalized spacial score (nSPS) is 16.0. The number of carbonyl (C=O) groups is 2. The Bertz CT molecular complexity index is 1010. The summed E-state index contributed by atoms with van der Waals surface area (Å²) in [6.07, 6.45) is 0.124. The van der Waals surface area contributed by atoms with Gasteiger partial charge in [-0.3, -0.25) is 9.59 Å². The molecule has 0 saturated carbocycles. The lowest BCUT2D eigenvalue weighted by atomic mass is 10.1. The third-order valence-electron chi connectivity index (χ3n) is 5.01. The number of amides is 1. The van der Waals surface area contributed by atoms with Crippen LogP contribution in [0.25, 0.3) is 11.1 Å². The van der Waals surface area contributed by atoms with Crippen LogP contribution in [0.1, 0.15) is 6.42 Å². The predicted molar refractivity (Wildman–Crippen MR) is 111 cm³/mol. The highest BCUT2D eigenvalue weighted by atomic mass is 16.5. The van der Waals surface area contributed by atoms with E-state index < -0.39 is 11.9 Å². The molecule has 0 N–H and O–H groups in total. The molecule has 146 valence electrons. The molecule has 29 heavy (non-hydrogen) atoms. The molecule has 1 atom stereocenters. The Morgan fingerprint density at radius 2 is 1.55 bits per heavy atom. The van der Waals surface area contributed by atoms with Crippen molar-refractivity contribution in [3.63, 3.8) is 0 Å². The molecule has 0 aromatic heterocycles. The van der Waals surface area contributed by atoms with Crippen molar-refractivity contribution in [2.24, 2.45) is 5.92 Å². The first-order valence-electron chi connectivity index (χ1n) is 9.46. The molecule has 1 aliphatic rings. The second-order valence-electron chi connectivity index (χ2n) is 6.89. The highest BCUT2D eigenvalue weighted by Gasteiger charge is 2.37. The molecule has 0 spiro atoms. The molecule has 1 amide bonds. The average Bonchev–Trinajstić information content (AvgIpc) is 3.16. The number of nitrogens with zero attached hydrogens (tertiary/aromatic N) is 1. The van der Waals surface area contributed by atoms with Crippen LogP contribution in [-0.2, 0) is 9.59 Å². The number of carbonyl (C=O) groups excluding carboxylic acids is 2. The zero-order valence-electron chi connectivity index (χ0n) is 16.1. The van der Waals surface area contributed by atoms with E-state index in [1.807, 2.05) is 60.7 Å². The summed E-state index contributed by atoms with van der Waals surface area (Å²) in [5.41, 5.74) is 2.81. The van der Waals surface area contributed by atoms with E-state index in [0.717, 1.165) is 11.1 Å². The van der Waals surface area contributed by atoms with E-state index in [-0.39, 0.29) is 18.9 Å². The Labute approximate surface area is 169 Å². The number of esters is 1. The highest BCUT2D eigenvalue weighted by Crippen LogP contribution is 2.33. The van der Waals surface area contributed by atoms with Gasteiger partial charge in [0.2, 0.25) is 5.91 Å². The highest BCUT2D eigenvalue weighted by molar-refractivity contribution is 6.00. The minimum atomic E-state index is -0.513. The molecule has 5 nitrogen and oxygen atoms in total. The van der Waals surface area contributed by atoms with Crippen LogP contribution in [0.2, 0.25) is 0 Å². The molecule has 1 saturated heterocycles. The second kappa shape index (κ2) is 8.19. The summed E-state index contributed by atoms with van der Waals surface area (Å²) in [6, 6.07) is 24.6. The van der Waals surface area contributed by atoms with Gasteiger partial charge in [0.05, 0.1) is 18.7 Å². The number of methoxy groups -OCH3 is 1. The minimum absolute atomic E-state index is 0.115. The first-order chi connectivity index (χ1) is 14.2. The summed E-state index contributed by atoms with van der Waals surface area (Å²) in [5, 5.41) is 0. The Morgan fingerprint density at radius 3 is 2.28 bits per heavy atom. The van der Waals surface area contributed by atoms with Crippen LogP contribution in [0, 0.1) is 5.92 Å². The Hall–Kier alpha value is -3.60. The van der Waals surface area contributed by atoms with Crippen LogP contribution in [-0.4, -0.2) is 25.5 Å².